The van der Waals surface area contributed by atoms with Gasteiger partial charge in [0.2, 0.25) is 0 Å². The van der Waals surface area contributed by atoms with Gasteiger partial charge in [-0.1, -0.05) is 140 Å². The largest absolute Gasteiger partial charge is 0.465 e. The van der Waals surface area contributed by atoms with Crippen LogP contribution in [0.25, 0.3) is 0 Å². The molecule has 0 aromatic carbocycles. The van der Waals surface area contributed by atoms with Gasteiger partial charge < -0.3 is 19.5 Å². The lowest BCUT2D eigenvalue weighted by Gasteiger charge is -2.19. The van der Waals surface area contributed by atoms with Crippen LogP contribution >= 0.6 is 0 Å². The van der Waals surface area contributed by atoms with E-state index in [1.807, 2.05) is 0 Å². The standard InChI is InChI=1S/C41H75NO4/c1-3-5-7-9-11-13-15-17-19-21-23-25-27-29-31-33-37-45-39-35-42(41(43)44)36-40-46-38-34-32-30-28-26-24-22-20-18-16-14-12-10-8-6-4-2/h11-14,17-20H,3-10,15-16,21-40H2,1-2H3,(H,43,44)/b13-11-,14-12-,19-17-,20-18-. The van der Waals surface area contributed by atoms with Gasteiger partial charge in [-0.25, -0.2) is 4.79 Å². The molecule has 0 aromatic heterocycles. The summed E-state index contributed by atoms with van der Waals surface area (Å²) in [7, 11) is 0. The molecule has 268 valence electrons. The summed E-state index contributed by atoms with van der Waals surface area (Å²) in [5.41, 5.74) is 0. The summed E-state index contributed by atoms with van der Waals surface area (Å²) in [5.74, 6) is 0. The maximum atomic E-state index is 11.5. The molecule has 0 aliphatic heterocycles. The molecule has 0 saturated carbocycles. The lowest BCUT2D eigenvalue weighted by Crippen LogP contribution is -2.35. The van der Waals surface area contributed by atoms with Crippen molar-refractivity contribution in [1.29, 1.82) is 0 Å². The zero-order chi connectivity index (χ0) is 33.4. The summed E-state index contributed by atoms with van der Waals surface area (Å²) >= 11 is 0. The fourth-order valence-corrected chi connectivity index (χ4v) is 5.24. The second-order valence-corrected chi connectivity index (χ2v) is 12.7. The number of carboxylic acid groups (broad SMARTS) is 1. The number of carbonyl (C=O) groups is 1. The van der Waals surface area contributed by atoms with Crippen LogP contribution in [0.3, 0.4) is 0 Å². The predicted molar refractivity (Wildman–Crippen MR) is 200 cm³/mol. The van der Waals surface area contributed by atoms with E-state index in [0.717, 1.165) is 25.7 Å². The molecule has 5 nitrogen and oxygen atoms in total. The zero-order valence-electron chi connectivity index (χ0n) is 30.5. The van der Waals surface area contributed by atoms with Gasteiger partial charge in [-0.15, -0.1) is 0 Å². The van der Waals surface area contributed by atoms with Crippen molar-refractivity contribution in [2.24, 2.45) is 0 Å². The van der Waals surface area contributed by atoms with E-state index >= 15 is 0 Å². The van der Waals surface area contributed by atoms with Crippen molar-refractivity contribution >= 4 is 6.09 Å². The highest BCUT2D eigenvalue weighted by molar-refractivity contribution is 5.64. The SMILES string of the molecule is CCCCC/C=C\C/C=C\CCCCCCCCOCCN(CCOCCCCCCCC/C=C\C/C=C\CCCCC)C(=O)O. The topological polar surface area (TPSA) is 59.0 Å². The van der Waals surface area contributed by atoms with E-state index in [1.165, 1.54) is 133 Å². The average molecular weight is 646 g/mol. The molecule has 0 spiro atoms. The van der Waals surface area contributed by atoms with Crippen molar-refractivity contribution in [1.82, 2.24) is 4.90 Å². The Morgan fingerprint density at radius 2 is 0.783 bits per heavy atom. The number of hydrogen-bond donors (Lipinski definition) is 1. The highest BCUT2D eigenvalue weighted by Crippen LogP contribution is 2.10. The van der Waals surface area contributed by atoms with Crippen LogP contribution in [0.4, 0.5) is 4.79 Å². The van der Waals surface area contributed by atoms with Gasteiger partial charge in [0, 0.05) is 26.3 Å². The lowest BCUT2D eigenvalue weighted by atomic mass is 10.1. The molecule has 46 heavy (non-hydrogen) atoms. The maximum Gasteiger partial charge on any atom is 0.407 e. The maximum absolute atomic E-state index is 11.5. The number of rotatable bonds is 36. The van der Waals surface area contributed by atoms with Crippen molar-refractivity contribution in [3.63, 3.8) is 0 Å². The normalized spacial score (nSPS) is 12.1. The molecule has 0 atom stereocenters. The second kappa shape index (κ2) is 39.3. The molecule has 0 saturated heterocycles. The van der Waals surface area contributed by atoms with Gasteiger partial charge >= 0.3 is 6.09 Å². The summed E-state index contributed by atoms with van der Waals surface area (Å²) < 4.78 is 11.4. The fraction of sp³-hybridized carbons (Fsp3) is 0.780. The Hall–Kier alpha value is -1.85. The Balaban J connectivity index is 3.46. The highest BCUT2D eigenvalue weighted by atomic mass is 16.5. The third-order valence-corrected chi connectivity index (χ3v) is 8.26. The number of ether oxygens (including phenoxy) is 2. The van der Waals surface area contributed by atoms with Crippen LogP contribution in [0.15, 0.2) is 48.6 Å². The Bertz CT molecular complexity index is 676. The molecule has 0 bridgehead atoms. The summed E-state index contributed by atoms with van der Waals surface area (Å²) in [6.07, 6.45) is 47.2. The van der Waals surface area contributed by atoms with Crippen LogP contribution in [0.5, 0.6) is 0 Å². The molecular formula is C41H75NO4. The van der Waals surface area contributed by atoms with E-state index in [2.05, 4.69) is 62.5 Å². The van der Waals surface area contributed by atoms with Gasteiger partial charge in [0.1, 0.15) is 0 Å². The number of hydrogen-bond acceptors (Lipinski definition) is 3. The van der Waals surface area contributed by atoms with Gasteiger partial charge in [-0.05, 0) is 77.0 Å². The first-order chi connectivity index (χ1) is 22.7. The molecule has 0 unspecified atom stereocenters. The van der Waals surface area contributed by atoms with E-state index < -0.39 is 6.09 Å². The first-order valence-electron chi connectivity index (χ1n) is 19.5. The summed E-state index contributed by atoms with van der Waals surface area (Å²) in [6.45, 7) is 7.66. The Labute approximate surface area is 286 Å². The van der Waals surface area contributed by atoms with Crippen molar-refractivity contribution in [2.75, 3.05) is 39.5 Å². The van der Waals surface area contributed by atoms with Crippen molar-refractivity contribution in [2.45, 2.75) is 168 Å². The molecule has 0 rings (SSSR count). The van der Waals surface area contributed by atoms with Crippen LogP contribution in [0.2, 0.25) is 0 Å². The first kappa shape index (κ1) is 44.1. The summed E-state index contributed by atoms with van der Waals surface area (Å²) in [5, 5.41) is 9.48. The van der Waals surface area contributed by atoms with Crippen LogP contribution in [-0.4, -0.2) is 55.6 Å². The molecule has 5 heteroatoms. The molecule has 1 N–H and O–H groups in total. The van der Waals surface area contributed by atoms with Gasteiger partial charge in [0.15, 0.2) is 0 Å². The third-order valence-electron chi connectivity index (χ3n) is 8.26. The van der Waals surface area contributed by atoms with Crippen LogP contribution in [0, 0.1) is 0 Å². The Morgan fingerprint density at radius 3 is 1.13 bits per heavy atom. The van der Waals surface area contributed by atoms with Crippen LogP contribution in [-0.2, 0) is 9.47 Å². The molecule has 1 amide bonds. The third kappa shape index (κ3) is 36.6. The number of amides is 1. The van der Waals surface area contributed by atoms with E-state index in [1.54, 1.807) is 0 Å². The van der Waals surface area contributed by atoms with Gasteiger partial charge in [0.05, 0.1) is 13.2 Å². The number of allylic oxidation sites excluding steroid dienone is 8. The number of nitrogens with zero attached hydrogens (tertiary/aromatic N) is 1. The molecule has 0 fully saturated rings. The first-order valence-corrected chi connectivity index (χ1v) is 19.5. The summed E-state index contributed by atoms with van der Waals surface area (Å²) in [6, 6.07) is 0. The highest BCUT2D eigenvalue weighted by Gasteiger charge is 2.10. The Kier molecular flexibility index (Phi) is 37.7. The molecule has 0 aromatic rings. The molecule has 0 heterocycles. The molecular weight excluding hydrogens is 570 g/mol. The van der Waals surface area contributed by atoms with Crippen LogP contribution < -0.4 is 0 Å². The minimum atomic E-state index is -0.894. The minimum Gasteiger partial charge on any atom is -0.465 e. The smallest absolute Gasteiger partial charge is 0.407 e. The van der Waals surface area contributed by atoms with Gasteiger partial charge in [-0.2, -0.15) is 0 Å². The minimum absolute atomic E-state index is 0.409. The van der Waals surface area contributed by atoms with Crippen LogP contribution in [0.1, 0.15) is 168 Å². The second-order valence-electron chi connectivity index (χ2n) is 12.7. The van der Waals surface area contributed by atoms with Crippen molar-refractivity contribution < 1.29 is 19.4 Å². The predicted octanol–water partition coefficient (Wildman–Crippen LogP) is 12.6. The zero-order valence-corrected chi connectivity index (χ0v) is 30.5. The summed E-state index contributed by atoms with van der Waals surface area (Å²) in [4.78, 5) is 13.0. The van der Waals surface area contributed by atoms with Crippen molar-refractivity contribution in [3.05, 3.63) is 48.6 Å². The van der Waals surface area contributed by atoms with E-state index in [-0.39, 0.29) is 0 Å². The van der Waals surface area contributed by atoms with Gasteiger partial charge in [0.25, 0.3) is 0 Å². The lowest BCUT2D eigenvalue weighted by molar-refractivity contribution is 0.0682. The van der Waals surface area contributed by atoms with E-state index in [4.69, 9.17) is 9.47 Å². The number of unbranched alkanes of at least 4 members (excludes halogenated alkanes) is 18. The van der Waals surface area contributed by atoms with Crippen molar-refractivity contribution in [3.8, 4) is 0 Å². The van der Waals surface area contributed by atoms with E-state index in [0.29, 0.717) is 39.5 Å². The van der Waals surface area contributed by atoms with E-state index in [9.17, 15) is 9.90 Å². The quantitative estimate of drug-likeness (QED) is 0.0544. The molecule has 0 aliphatic rings. The fourth-order valence-electron chi connectivity index (χ4n) is 5.24. The molecule has 0 aliphatic carbocycles. The monoisotopic (exact) mass is 646 g/mol. The Morgan fingerprint density at radius 1 is 0.457 bits per heavy atom. The van der Waals surface area contributed by atoms with Gasteiger partial charge in [-0.3, -0.25) is 0 Å². The molecule has 0 radical (unpaired) electrons. The average Bonchev–Trinajstić information content (AvgIpc) is 3.05.